The van der Waals surface area contributed by atoms with E-state index in [0.29, 0.717) is 29.9 Å². The molecule has 7 heteroatoms. The quantitative estimate of drug-likeness (QED) is 0.305. The van der Waals surface area contributed by atoms with E-state index in [1.807, 2.05) is 37.3 Å². The first-order chi connectivity index (χ1) is 15.9. The van der Waals surface area contributed by atoms with Crippen molar-refractivity contribution in [3.8, 4) is 5.75 Å². The maximum absolute atomic E-state index is 11.7. The Hall–Kier alpha value is -3.32. The van der Waals surface area contributed by atoms with Crippen LogP contribution in [0.1, 0.15) is 36.8 Å². The molecule has 0 aliphatic rings. The Labute approximate surface area is 193 Å². The van der Waals surface area contributed by atoms with E-state index < -0.39 is 11.9 Å². The lowest BCUT2D eigenvalue weighted by atomic mass is 9.98. The first-order valence-corrected chi connectivity index (χ1v) is 11.1. The van der Waals surface area contributed by atoms with Crippen molar-refractivity contribution >= 4 is 22.6 Å². The van der Waals surface area contributed by atoms with Crippen LogP contribution >= 0.6 is 0 Å². The molecule has 0 saturated heterocycles. The van der Waals surface area contributed by atoms with Gasteiger partial charge in [0.25, 0.3) is 0 Å². The molecule has 176 valence electrons. The third-order valence-corrected chi connectivity index (χ3v) is 5.81. The molecule has 2 atom stereocenters. The number of ether oxygens (including phenoxy) is 2. The van der Waals surface area contributed by atoms with E-state index in [9.17, 15) is 14.7 Å². The van der Waals surface area contributed by atoms with Crippen LogP contribution in [0.15, 0.2) is 57.7 Å². The van der Waals surface area contributed by atoms with Crippen LogP contribution in [0.3, 0.4) is 0 Å². The first kappa shape index (κ1) is 24.3. The largest absolute Gasteiger partial charge is 0.491 e. The summed E-state index contributed by atoms with van der Waals surface area (Å²) < 4.78 is 16.6. The molecule has 0 radical (unpaired) electrons. The highest BCUT2D eigenvalue weighted by molar-refractivity contribution is 5.76. The maximum atomic E-state index is 11.7. The Balaban J connectivity index is 1.48. The Kier molecular flexibility index (Phi) is 8.49. The molecular weight excluding hydrogens is 422 g/mol. The van der Waals surface area contributed by atoms with Gasteiger partial charge in [-0.15, -0.1) is 0 Å². The number of carboxylic acid groups (broad SMARTS) is 1. The van der Waals surface area contributed by atoms with Gasteiger partial charge in [0, 0.05) is 18.6 Å². The van der Waals surface area contributed by atoms with Gasteiger partial charge < -0.3 is 24.7 Å². The monoisotopic (exact) mass is 453 g/mol. The van der Waals surface area contributed by atoms with Gasteiger partial charge in [0.2, 0.25) is 0 Å². The van der Waals surface area contributed by atoms with Gasteiger partial charge in [-0.2, -0.15) is 0 Å². The fourth-order valence-corrected chi connectivity index (χ4v) is 3.80. The van der Waals surface area contributed by atoms with E-state index >= 15 is 0 Å². The number of rotatable bonds is 12. The molecule has 3 aromatic rings. The highest BCUT2D eigenvalue weighted by Crippen LogP contribution is 2.24. The van der Waals surface area contributed by atoms with E-state index in [2.05, 4.69) is 0 Å². The average molecular weight is 454 g/mol. The summed E-state index contributed by atoms with van der Waals surface area (Å²) in [6, 6.07) is 14.5. The smallest absolute Gasteiger partial charge is 0.336 e. The fraction of sp³-hybridized carbons (Fsp3) is 0.385. The third-order valence-electron chi connectivity index (χ3n) is 5.81. The van der Waals surface area contributed by atoms with Gasteiger partial charge in [0.05, 0.1) is 17.7 Å². The summed E-state index contributed by atoms with van der Waals surface area (Å²) in [5.41, 5.74) is 8.69. The summed E-state index contributed by atoms with van der Waals surface area (Å²) in [7, 11) is 1.67. The Bertz CT molecular complexity index is 1140. The predicted molar refractivity (Wildman–Crippen MR) is 128 cm³/mol. The first-order valence-electron chi connectivity index (χ1n) is 11.1. The normalized spacial score (nSPS) is 13.0. The highest BCUT2D eigenvalue weighted by Gasteiger charge is 2.20. The molecule has 0 saturated carbocycles. The number of hydrogen-bond donors (Lipinski definition) is 2. The van der Waals surface area contributed by atoms with Crippen LogP contribution in [0, 0.1) is 12.8 Å². The van der Waals surface area contributed by atoms with Crippen LogP contribution in [-0.2, 0) is 16.0 Å². The lowest BCUT2D eigenvalue weighted by molar-refractivity contribution is -0.143. The number of anilines is 1. The van der Waals surface area contributed by atoms with Crippen molar-refractivity contribution in [2.75, 3.05) is 19.5 Å². The minimum Gasteiger partial charge on any atom is -0.491 e. The number of aryl methyl sites for hydroxylation is 2. The van der Waals surface area contributed by atoms with E-state index in [0.717, 1.165) is 35.8 Å². The predicted octanol–water partition coefficient (Wildman–Crippen LogP) is 4.58. The topological polar surface area (TPSA) is 112 Å². The molecule has 33 heavy (non-hydrogen) atoms. The summed E-state index contributed by atoms with van der Waals surface area (Å²) in [5, 5.41) is 10.5. The second kappa shape index (κ2) is 11.5. The van der Waals surface area contributed by atoms with Crippen molar-refractivity contribution in [1.29, 1.82) is 0 Å². The summed E-state index contributed by atoms with van der Waals surface area (Å²) in [4.78, 5) is 23.1. The molecule has 7 nitrogen and oxygen atoms in total. The number of nitrogens with two attached hydrogens (primary N) is 1. The molecule has 1 aromatic heterocycles. The van der Waals surface area contributed by atoms with Gasteiger partial charge in [-0.05, 0) is 74.4 Å². The summed E-state index contributed by atoms with van der Waals surface area (Å²) >= 11 is 0. The number of fused-ring (bicyclic) bond motifs is 1. The molecule has 2 aromatic carbocycles. The standard InChI is InChI=1S/C26H31NO6/c1-17-6-12-22(27)24(14-17)32-16-20(26(29)30)4-3-5-21(31-2)11-8-18-7-9-19-10-13-25(28)33-23(19)15-18/h6-7,9-10,12-15,20-21H,3-5,8,11,16,27H2,1-2H3,(H,29,30). The van der Waals surface area contributed by atoms with Gasteiger partial charge in [-0.1, -0.05) is 18.2 Å². The maximum Gasteiger partial charge on any atom is 0.336 e. The number of carbonyl (C=O) groups is 1. The van der Waals surface area contributed by atoms with Gasteiger partial charge in [-0.3, -0.25) is 4.79 Å². The van der Waals surface area contributed by atoms with Crippen molar-refractivity contribution in [3.05, 3.63) is 70.1 Å². The van der Waals surface area contributed by atoms with Crippen LogP contribution in [-0.4, -0.2) is 30.9 Å². The minimum atomic E-state index is -0.882. The van der Waals surface area contributed by atoms with Crippen molar-refractivity contribution < 1.29 is 23.8 Å². The number of methoxy groups -OCH3 is 1. The zero-order valence-corrected chi connectivity index (χ0v) is 19.1. The second-order valence-electron chi connectivity index (χ2n) is 8.34. The molecule has 0 fully saturated rings. The number of nitrogen functional groups attached to an aromatic ring is 1. The van der Waals surface area contributed by atoms with Crippen LogP contribution in [0.2, 0.25) is 0 Å². The van der Waals surface area contributed by atoms with Crippen molar-refractivity contribution in [2.45, 2.75) is 45.1 Å². The second-order valence-corrected chi connectivity index (χ2v) is 8.34. The molecule has 0 aliphatic carbocycles. The van der Waals surface area contributed by atoms with Gasteiger partial charge >= 0.3 is 11.6 Å². The van der Waals surface area contributed by atoms with Crippen molar-refractivity contribution in [2.24, 2.45) is 5.92 Å². The third kappa shape index (κ3) is 7.08. The number of benzene rings is 2. The molecule has 0 amide bonds. The molecular formula is C26H31NO6. The Morgan fingerprint density at radius 3 is 2.64 bits per heavy atom. The molecule has 1 heterocycles. The van der Waals surface area contributed by atoms with Crippen molar-refractivity contribution in [1.82, 2.24) is 0 Å². The van der Waals surface area contributed by atoms with Crippen LogP contribution in [0.25, 0.3) is 11.0 Å². The minimum absolute atomic E-state index is 0.00580. The van der Waals surface area contributed by atoms with Crippen LogP contribution < -0.4 is 16.1 Å². The zero-order valence-electron chi connectivity index (χ0n) is 19.1. The number of carboxylic acids is 1. The van der Waals surface area contributed by atoms with Crippen molar-refractivity contribution in [3.63, 3.8) is 0 Å². The molecule has 3 rings (SSSR count). The van der Waals surface area contributed by atoms with Gasteiger partial charge in [0.15, 0.2) is 0 Å². The molecule has 2 unspecified atom stereocenters. The molecule has 0 spiro atoms. The Morgan fingerprint density at radius 1 is 1.09 bits per heavy atom. The van der Waals surface area contributed by atoms with E-state index in [1.54, 1.807) is 19.2 Å². The highest BCUT2D eigenvalue weighted by atomic mass is 16.5. The van der Waals surface area contributed by atoms with E-state index in [4.69, 9.17) is 19.6 Å². The number of hydrogen-bond acceptors (Lipinski definition) is 6. The Morgan fingerprint density at radius 2 is 1.88 bits per heavy atom. The lowest BCUT2D eigenvalue weighted by Gasteiger charge is -2.18. The lowest BCUT2D eigenvalue weighted by Crippen LogP contribution is -2.22. The molecule has 3 N–H and O–H groups in total. The zero-order chi connectivity index (χ0) is 23.8. The van der Waals surface area contributed by atoms with Gasteiger partial charge in [-0.25, -0.2) is 4.79 Å². The average Bonchev–Trinajstić information content (AvgIpc) is 2.79. The van der Waals surface area contributed by atoms with Crippen LogP contribution in [0.4, 0.5) is 5.69 Å². The molecule has 0 bridgehead atoms. The molecule has 0 aliphatic heterocycles. The number of aliphatic carboxylic acids is 1. The summed E-state index contributed by atoms with van der Waals surface area (Å²) in [6.45, 7) is 2.00. The van der Waals surface area contributed by atoms with Crippen LogP contribution in [0.5, 0.6) is 5.75 Å². The van der Waals surface area contributed by atoms with E-state index in [1.165, 1.54) is 6.07 Å². The fourth-order valence-electron chi connectivity index (χ4n) is 3.80. The summed E-state index contributed by atoms with van der Waals surface area (Å²) in [6.07, 6.45) is 3.50. The van der Waals surface area contributed by atoms with Gasteiger partial charge in [0.1, 0.15) is 17.9 Å². The SMILES string of the molecule is COC(CCCC(COc1cc(C)ccc1N)C(=O)O)CCc1ccc2ccc(=O)oc2c1. The summed E-state index contributed by atoms with van der Waals surface area (Å²) in [5.74, 6) is -0.985. The van der Waals surface area contributed by atoms with E-state index in [-0.39, 0.29) is 18.3 Å².